The third-order valence-corrected chi connectivity index (χ3v) is 4.22. The maximum absolute atomic E-state index is 13.8. The fraction of sp³-hybridized carbons (Fsp3) is 0.412. The first kappa shape index (κ1) is 21.7. The molecule has 0 fully saturated rings. The summed E-state index contributed by atoms with van der Waals surface area (Å²) in [7, 11) is 1.20. The van der Waals surface area contributed by atoms with Crippen LogP contribution in [-0.4, -0.2) is 64.4 Å². The van der Waals surface area contributed by atoms with Gasteiger partial charge >= 0.3 is 5.63 Å². The second-order valence-corrected chi connectivity index (χ2v) is 6.09. The minimum Gasteiger partial charge on any atom is -0.503 e. The number of carbonyl (C=O) groups excluding carboxylic acids is 1. The first-order chi connectivity index (χ1) is 13.1. The summed E-state index contributed by atoms with van der Waals surface area (Å²) >= 11 is 0. The van der Waals surface area contributed by atoms with E-state index in [4.69, 9.17) is 9.84 Å². The van der Waals surface area contributed by atoms with Gasteiger partial charge in [0.15, 0.2) is 17.1 Å². The van der Waals surface area contributed by atoms with E-state index in [1.165, 1.54) is 14.0 Å². The van der Waals surface area contributed by atoms with Gasteiger partial charge in [0.25, 0.3) is 5.91 Å². The lowest BCUT2D eigenvalue weighted by molar-refractivity contribution is -0.0990. The highest BCUT2D eigenvalue weighted by Crippen LogP contribution is 2.28. The number of amides is 1. The van der Waals surface area contributed by atoms with Crippen molar-refractivity contribution in [3.8, 4) is 5.75 Å². The van der Waals surface area contributed by atoms with Gasteiger partial charge in [0.2, 0.25) is 5.82 Å². The standard InChI is InChI=1S/C17H19F2NO8/c1-6(12(22)14(24)10(5-21)27-2)20-16(25)8-3-7-4-9(18)13(23)11(19)15(7)28-17(8)26/h3-4,6,10,12,14,21-24H,5H2,1-2H3,(H,20,25)/t6-,10?,12?,14?/m1/s1. The molecule has 4 atom stereocenters. The molecular formula is C17H19F2NO8. The van der Waals surface area contributed by atoms with Crippen molar-refractivity contribution in [3.05, 3.63) is 39.8 Å². The highest BCUT2D eigenvalue weighted by molar-refractivity contribution is 5.97. The van der Waals surface area contributed by atoms with Gasteiger partial charge in [0, 0.05) is 12.5 Å². The van der Waals surface area contributed by atoms with E-state index in [9.17, 15) is 33.7 Å². The van der Waals surface area contributed by atoms with E-state index in [0.717, 1.165) is 6.07 Å². The highest BCUT2D eigenvalue weighted by Gasteiger charge is 2.31. The van der Waals surface area contributed by atoms with Gasteiger partial charge in [0.1, 0.15) is 23.9 Å². The number of hydrogen-bond donors (Lipinski definition) is 5. The number of halogens is 2. The van der Waals surface area contributed by atoms with E-state index in [2.05, 4.69) is 9.73 Å². The van der Waals surface area contributed by atoms with Gasteiger partial charge in [-0.1, -0.05) is 0 Å². The van der Waals surface area contributed by atoms with E-state index >= 15 is 0 Å². The van der Waals surface area contributed by atoms with E-state index in [1.54, 1.807) is 0 Å². The number of aliphatic hydroxyl groups is 3. The van der Waals surface area contributed by atoms with E-state index in [-0.39, 0.29) is 5.39 Å². The van der Waals surface area contributed by atoms with Crippen molar-refractivity contribution in [3.63, 3.8) is 0 Å². The zero-order valence-corrected chi connectivity index (χ0v) is 14.8. The lowest BCUT2D eigenvalue weighted by Crippen LogP contribution is -2.52. The monoisotopic (exact) mass is 403 g/mol. The minimum absolute atomic E-state index is 0.287. The second-order valence-electron chi connectivity index (χ2n) is 6.09. The maximum atomic E-state index is 13.8. The van der Waals surface area contributed by atoms with Crippen LogP contribution in [-0.2, 0) is 4.74 Å². The normalized spacial score (nSPS) is 15.8. The van der Waals surface area contributed by atoms with Crippen LogP contribution >= 0.6 is 0 Å². The van der Waals surface area contributed by atoms with Crippen molar-refractivity contribution < 1.29 is 43.2 Å². The molecule has 11 heteroatoms. The third kappa shape index (κ3) is 4.12. The third-order valence-electron chi connectivity index (χ3n) is 4.22. The molecule has 3 unspecified atom stereocenters. The molecule has 154 valence electrons. The lowest BCUT2D eigenvalue weighted by atomic mass is 10.0. The first-order valence-electron chi connectivity index (χ1n) is 8.07. The van der Waals surface area contributed by atoms with Crippen molar-refractivity contribution in [2.24, 2.45) is 0 Å². The molecular weight excluding hydrogens is 384 g/mol. The number of carbonyl (C=O) groups is 1. The van der Waals surface area contributed by atoms with Crippen LogP contribution in [0.4, 0.5) is 8.78 Å². The number of nitrogens with one attached hydrogen (secondary N) is 1. The fourth-order valence-corrected chi connectivity index (χ4v) is 2.55. The number of aliphatic hydroxyl groups excluding tert-OH is 3. The first-order valence-corrected chi connectivity index (χ1v) is 8.07. The van der Waals surface area contributed by atoms with Crippen molar-refractivity contribution in [2.75, 3.05) is 13.7 Å². The van der Waals surface area contributed by atoms with E-state index in [0.29, 0.717) is 6.07 Å². The Kier molecular flexibility index (Phi) is 6.67. The molecule has 0 spiro atoms. The van der Waals surface area contributed by atoms with Gasteiger partial charge in [-0.05, 0) is 19.1 Å². The number of phenols is 1. The highest BCUT2D eigenvalue weighted by atomic mass is 19.1. The van der Waals surface area contributed by atoms with Crippen molar-refractivity contribution in [2.45, 2.75) is 31.3 Å². The number of phenolic OH excluding ortho intramolecular Hbond substituents is 1. The molecule has 0 radical (unpaired) electrons. The molecule has 0 saturated carbocycles. The van der Waals surface area contributed by atoms with Crippen LogP contribution in [0.3, 0.4) is 0 Å². The van der Waals surface area contributed by atoms with E-state index < -0.39 is 71.0 Å². The summed E-state index contributed by atoms with van der Waals surface area (Å²) in [6.45, 7) is 0.726. The van der Waals surface area contributed by atoms with Gasteiger partial charge in [-0.3, -0.25) is 4.79 Å². The number of fused-ring (bicyclic) bond motifs is 1. The fourth-order valence-electron chi connectivity index (χ4n) is 2.55. The predicted octanol–water partition coefficient (Wildman–Crippen LogP) is -0.376. The average Bonchev–Trinajstić information content (AvgIpc) is 2.66. The SMILES string of the molecule is COC(CO)C(O)C(O)[C@@H](C)NC(=O)c1cc2cc(F)c(O)c(F)c2oc1=O. The molecule has 2 aromatic rings. The van der Waals surface area contributed by atoms with Gasteiger partial charge in [-0.25, -0.2) is 9.18 Å². The molecule has 1 heterocycles. The zero-order chi connectivity index (χ0) is 21.2. The van der Waals surface area contributed by atoms with Crippen LogP contribution in [0.5, 0.6) is 5.75 Å². The Bertz CT molecular complexity index is 927. The van der Waals surface area contributed by atoms with Crippen molar-refractivity contribution in [1.82, 2.24) is 5.32 Å². The van der Waals surface area contributed by atoms with Gasteiger partial charge in [-0.2, -0.15) is 4.39 Å². The Morgan fingerprint density at radius 3 is 2.50 bits per heavy atom. The molecule has 0 aliphatic heterocycles. The van der Waals surface area contributed by atoms with Crippen LogP contribution in [0.1, 0.15) is 17.3 Å². The molecule has 1 aromatic heterocycles. The number of rotatable bonds is 7. The molecule has 9 nitrogen and oxygen atoms in total. The Morgan fingerprint density at radius 1 is 1.29 bits per heavy atom. The smallest absolute Gasteiger partial charge is 0.349 e. The number of ether oxygens (including phenoxy) is 1. The second kappa shape index (κ2) is 8.61. The average molecular weight is 403 g/mol. The van der Waals surface area contributed by atoms with Crippen LogP contribution in [0.15, 0.2) is 21.3 Å². The molecule has 2 rings (SSSR count). The van der Waals surface area contributed by atoms with Crippen LogP contribution in [0, 0.1) is 11.6 Å². The molecule has 0 saturated heterocycles. The van der Waals surface area contributed by atoms with Crippen molar-refractivity contribution in [1.29, 1.82) is 0 Å². The van der Waals surface area contributed by atoms with Crippen LogP contribution < -0.4 is 10.9 Å². The molecule has 28 heavy (non-hydrogen) atoms. The Balaban J connectivity index is 2.29. The van der Waals surface area contributed by atoms with Gasteiger partial charge < -0.3 is 34.9 Å². The number of hydrogen-bond acceptors (Lipinski definition) is 8. The molecule has 1 amide bonds. The maximum Gasteiger partial charge on any atom is 0.349 e. The molecule has 1 aromatic carbocycles. The summed E-state index contributed by atoms with van der Waals surface area (Å²) in [5.74, 6) is -5.16. The van der Waals surface area contributed by atoms with Crippen LogP contribution in [0.2, 0.25) is 0 Å². The molecule has 0 aliphatic carbocycles. The van der Waals surface area contributed by atoms with Gasteiger partial charge in [-0.15, -0.1) is 0 Å². The summed E-state index contributed by atoms with van der Waals surface area (Å²) in [6.07, 6.45) is -4.23. The van der Waals surface area contributed by atoms with E-state index in [1.807, 2.05) is 0 Å². The Labute approximate surface area is 156 Å². The number of methoxy groups -OCH3 is 1. The predicted molar refractivity (Wildman–Crippen MR) is 90.9 cm³/mol. The summed E-state index contributed by atoms with van der Waals surface area (Å²) in [4.78, 5) is 24.3. The molecule has 0 bridgehead atoms. The zero-order valence-electron chi connectivity index (χ0n) is 14.8. The lowest BCUT2D eigenvalue weighted by Gasteiger charge is -2.28. The largest absolute Gasteiger partial charge is 0.503 e. The quantitative estimate of drug-likeness (QED) is 0.393. The number of benzene rings is 1. The van der Waals surface area contributed by atoms with Crippen LogP contribution in [0.25, 0.3) is 11.0 Å². The topological polar surface area (TPSA) is 149 Å². The summed E-state index contributed by atoms with van der Waals surface area (Å²) in [6, 6.07) is 0.443. The minimum atomic E-state index is -1.57. The summed E-state index contributed by atoms with van der Waals surface area (Å²) in [5, 5.41) is 40.3. The Hall–Kier alpha value is -2.60. The summed E-state index contributed by atoms with van der Waals surface area (Å²) in [5.41, 5.74) is -2.60. The van der Waals surface area contributed by atoms with Crippen molar-refractivity contribution >= 4 is 16.9 Å². The van der Waals surface area contributed by atoms with Gasteiger partial charge in [0.05, 0.1) is 12.6 Å². The summed E-state index contributed by atoms with van der Waals surface area (Å²) < 4.78 is 36.7. The molecule has 0 aliphatic rings. The number of aromatic hydroxyl groups is 1. The molecule has 5 N–H and O–H groups in total. The Morgan fingerprint density at radius 2 is 1.93 bits per heavy atom.